The number of aldehydes is 1. The van der Waals surface area contributed by atoms with Crippen molar-refractivity contribution in [2.24, 2.45) is 0 Å². The molecule has 50 valence electrons. The van der Waals surface area contributed by atoms with E-state index in [1.807, 2.05) is 0 Å². The third-order valence-electron chi connectivity index (χ3n) is 0.769. The largest absolute Gasteiger partial charge is 0.515 e. The predicted octanol–water partition coefficient (Wildman–Crippen LogP) is 0.606. The van der Waals surface area contributed by atoms with Crippen LogP contribution in [0.1, 0.15) is 12.8 Å². The van der Waals surface area contributed by atoms with E-state index in [0.29, 0.717) is 12.5 Å². The van der Waals surface area contributed by atoms with Crippen molar-refractivity contribution in [2.45, 2.75) is 12.8 Å². The first-order valence-electron chi connectivity index (χ1n) is 2.58. The minimum absolute atomic E-state index is 0.181. The average Bonchev–Trinajstić information content (AvgIpc) is 1.85. The van der Waals surface area contributed by atoms with Crippen LogP contribution >= 0.6 is 0 Å². The number of allylic oxidation sites excluding steroid dienone is 1. The van der Waals surface area contributed by atoms with Gasteiger partial charge in [0.1, 0.15) is 6.29 Å². The minimum Gasteiger partial charge on any atom is -0.515 e. The molecule has 9 heavy (non-hydrogen) atoms. The molecule has 0 aromatic carbocycles. The third-order valence-corrected chi connectivity index (χ3v) is 0.769. The van der Waals surface area contributed by atoms with Gasteiger partial charge in [-0.15, -0.1) is 0 Å². The minimum atomic E-state index is -0.232. The Labute approximate surface area is 53.0 Å². The van der Waals surface area contributed by atoms with Gasteiger partial charge in [-0.3, -0.25) is 4.79 Å². The number of hydrogen-bond acceptors (Lipinski definition) is 3. The van der Waals surface area contributed by atoms with Crippen molar-refractivity contribution in [3.63, 3.8) is 0 Å². The lowest BCUT2D eigenvalue weighted by molar-refractivity contribution is -0.117. The van der Waals surface area contributed by atoms with E-state index in [1.54, 1.807) is 0 Å². The second-order valence-corrected chi connectivity index (χ2v) is 1.49. The second kappa shape index (κ2) is 5.03. The van der Waals surface area contributed by atoms with Gasteiger partial charge in [0.2, 0.25) is 0 Å². The van der Waals surface area contributed by atoms with E-state index in [0.717, 1.165) is 6.08 Å². The van der Waals surface area contributed by atoms with Crippen LogP contribution in [0.5, 0.6) is 0 Å². The Bertz CT molecular complexity index is 126. The maximum Gasteiger partial charge on any atom is 0.159 e. The number of carbonyl (C=O) groups is 2. The molecule has 0 saturated carbocycles. The van der Waals surface area contributed by atoms with Gasteiger partial charge in [0, 0.05) is 18.9 Å². The molecule has 0 aliphatic carbocycles. The zero-order chi connectivity index (χ0) is 7.11. The van der Waals surface area contributed by atoms with E-state index >= 15 is 0 Å². The predicted molar refractivity (Wildman–Crippen MR) is 32.1 cm³/mol. The van der Waals surface area contributed by atoms with Gasteiger partial charge in [0.15, 0.2) is 5.78 Å². The summed E-state index contributed by atoms with van der Waals surface area (Å²) in [5.74, 6) is -0.232. The maximum absolute atomic E-state index is 10.4. The average molecular weight is 128 g/mol. The van der Waals surface area contributed by atoms with Gasteiger partial charge in [-0.1, -0.05) is 0 Å². The zero-order valence-electron chi connectivity index (χ0n) is 4.91. The molecule has 1 N–H and O–H groups in total. The summed E-state index contributed by atoms with van der Waals surface area (Å²) in [4.78, 5) is 20.1. The molecule has 0 aromatic rings. The number of ketones is 1. The van der Waals surface area contributed by atoms with Gasteiger partial charge in [0.05, 0.1) is 6.26 Å². The summed E-state index contributed by atoms with van der Waals surface area (Å²) in [5.41, 5.74) is 0. The summed E-state index contributed by atoms with van der Waals surface area (Å²) in [6.07, 6.45) is 2.78. The van der Waals surface area contributed by atoms with E-state index in [1.165, 1.54) is 0 Å². The van der Waals surface area contributed by atoms with Crippen molar-refractivity contribution in [3.8, 4) is 0 Å². The molecule has 0 saturated heterocycles. The molecule has 0 heterocycles. The maximum atomic E-state index is 10.4. The highest BCUT2D eigenvalue weighted by Crippen LogP contribution is 1.87. The first-order chi connectivity index (χ1) is 4.31. The quantitative estimate of drug-likeness (QED) is 0.343. The summed E-state index contributed by atoms with van der Waals surface area (Å²) < 4.78 is 0. The number of carbonyl (C=O) groups excluding carboxylic acids is 2. The van der Waals surface area contributed by atoms with Crippen LogP contribution in [0.15, 0.2) is 12.3 Å². The molecule has 0 aromatic heterocycles. The summed E-state index contributed by atoms with van der Waals surface area (Å²) in [7, 11) is 0. The number of hydrogen-bond donors (Lipinski definition) is 1. The van der Waals surface area contributed by atoms with Gasteiger partial charge in [-0.2, -0.15) is 0 Å². The molecule has 0 aliphatic heterocycles. The Morgan fingerprint density at radius 2 is 2.22 bits per heavy atom. The number of rotatable bonds is 4. The standard InChI is InChI=1S/C6H8O3/c7-4-1-2-6(9)3-5-8/h3-5,8H,1-2H2. The topological polar surface area (TPSA) is 54.4 Å². The van der Waals surface area contributed by atoms with E-state index in [-0.39, 0.29) is 18.6 Å². The van der Waals surface area contributed by atoms with Crippen LogP contribution in [0.3, 0.4) is 0 Å². The lowest BCUT2D eigenvalue weighted by Crippen LogP contribution is -1.91. The second-order valence-electron chi connectivity index (χ2n) is 1.49. The van der Waals surface area contributed by atoms with Gasteiger partial charge >= 0.3 is 0 Å². The molecule has 3 heteroatoms. The van der Waals surface area contributed by atoms with Gasteiger partial charge in [0.25, 0.3) is 0 Å². The van der Waals surface area contributed by atoms with Crippen LogP contribution in [0.2, 0.25) is 0 Å². The molecule has 0 amide bonds. The lowest BCUT2D eigenvalue weighted by atomic mass is 10.2. The van der Waals surface area contributed by atoms with Crippen LogP contribution < -0.4 is 0 Å². The van der Waals surface area contributed by atoms with Crippen LogP contribution in [0.25, 0.3) is 0 Å². The molecular formula is C6H8O3. The first kappa shape index (κ1) is 7.88. The first-order valence-corrected chi connectivity index (χ1v) is 2.58. The van der Waals surface area contributed by atoms with Crippen LogP contribution in [-0.4, -0.2) is 17.2 Å². The van der Waals surface area contributed by atoms with Crippen molar-refractivity contribution < 1.29 is 14.7 Å². The number of aliphatic hydroxyl groups is 1. The van der Waals surface area contributed by atoms with Crippen LogP contribution in [0.4, 0.5) is 0 Å². The van der Waals surface area contributed by atoms with Gasteiger partial charge in [-0.25, -0.2) is 0 Å². The van der Waals surface area contributed by atoms with E-state index in [2.05, 4.69) is 0 Å². The Morgan fingerprint density at radius 1 is 1.56 bits per heavy atom. The van der Waals surface area contributed by atoms with E-state index < -0.39 is 0 Å². The molecule has 0 rings (SSSR count). The molecule has 0 aliphatic rings. The fourth-order valence-electron chi connectivity index (χ4n) is 0.368. The molecule has 0 unspecified atom stereocenters. The van der Waals surface area contributed by atoms with Crippen LogP contribution in [0, 0.1) is 0 Å². The Morgan fingerprint density at radius 3 is 2.67 bits per heavy atom. The third kappa shape index (κ3) is 4.74. The summed E-state index contributed by atoms with van der Waals surface area (Å²) in [6.45, 7) is 0. The smallest absolute Gasteiger partial charge is 0.159 e. The monoisotopic (exact) mass is 128 g/mol. The Hall–Kier alpha value is -1.12. The van der Waals surface area contributed by atoms with E-state index in [9.17, 15) is 9.59 Å². The SMILES string of the molecule is O=CCCC(=O)C=CO. The highest BCUT2D eigenvalue weighted by molar-refractivity contribution is 5.90. The highest BCUT2D eigenvalue weighted by atomic mass is 16.2. The Balaban J connectivity index is 3.38. The summed E-state index contributed by atoms with van der Waals surface area (Å²) in [6, 6.07) is 0. The normalized spacial score (nSPS) is 9.78. The zero-order valence-corrected chi connectivity index (χ0v) is 4.91. The molecular weight excluding hydrogens is 120 g/mol. The molecule has 0 atom stereocenters. The summed E-state index contributed by atoms with van der Waals surface area (Å²) in [5, 5.41) is 8.05. The molecule has 0 bridgehead atoms. The molecule has 0 fully saturated rings. The fourth-order valence-corrected chi connectivity index (χ4v) is 0.368. The van der Waals surface area contributed by atoms with Crippen molar-refractivity contribution in [3.05, 3.63) is 12.3 Å². The van der Waals surface area contributed by atoms with Crippen molar-refractivity contribution in [1.29, 1.82) is 0 Å². The fraction of sp³-hybridized carbons (Fsp3) is 0.333. The number of aliphatic hydroxyl groups excluding tert-OH is 1. The van der Waals surface area contributed by atoms with Gasteiger partial charge < -0.3 is 9.90 Å². The molecule has 3 nitrogen and oxygen atoms in total. The highest BCUT2D eigenvalue weighted by Gasteiger charge is 1.92. The van der Waals surface area contributed by atoms with E-state index in [4.69, 9.17) is 5.11 Å². The van der Waals surface area contributed by atoms with Crippen molar-refractivity contribution >= 4 is 12.1 Å². The van der Waals surface area contributed by atoms with Gasteiger partial charge in [-0.05, 0) is 0 Å². The van der Waals surface area contributed by atoms with Crippen LogP contribution in [-0.2, 0) is 9.59 Å². The molecule has 0 radical (unpaired) electrons. The lowest BCUT2D eigenvalue weighted by Gasteiger charge is -1.83. The molecule has 0 spiro atoms. The van der Waals surface area contributed by atoms with Crippen molar-refractivity contribution in [2.75, 3.05) is 0 Å². The van der Waals surface area contributed by atoms with Crippen molar-refractivity contribution in [1.82, 2.24) is 0 Å². The summed E-state index contributed by atoms with van der Waals surface area (Å²) >= 11 is 0. The Kier molecular flexibility index (Phi) is 4.40.